The molecule has 0 atom stereocenters. The molecule has 0 saturated heterocycles. The van der Waals surface area contributed by atoms with Gasteiger partial charge in [0.1, 0.15) is 0 Å². The summed E-state index contributed by atoms with van der Waals surface area (Å²) in [4.78, 5) is 17.6. The van der Waals surface area contributed by atoms with E-state index in [0.29, 0.717) is 16.5 Å². The Morgan fingerprint density at radius 1 is 0.875 bits per heavy atom. The van der Waals surface area contributed by atoms with Crippen LogP contribution in [0.3, 0.4) is 0 Å². The van der Waals surface area contributed by atoms with Gasteiger partial charge in [0.25, 0.3) is 5.91 Å². The summed E-state index contributed by atoms with van der Waals surface area (Å²) in [7, 11) is 0. The summed E-state index contributed by atoms with van der Waals surface area (Å²) in [6.07, 6.45) is 0. The minimum Gasteiger partial charge on any atom is -0.319 e. The SMILES string of the molecule is Cc1ccc(-n2nc(C(=O)Nc3ccc4ccccc4c3)nc2-c2ccc(Cl)cc2)cc1. The molecule has 1 N–H and O–H groups in total. The zero-order chi connectivity index (χ0) is 22.1. The van der Waals surface area contributed by atoms with Crippen molar-refractivity contribution in [1.29, 1.82) is 0 Å². The molecular formula is C26H19ClN4O. The van der Waals surface area contributed by atoms with E-state index < -0.39 is 0 Å². The molecule has 0 radical (unpaired) electrons. The van der Waals surface area contributed by atoms with Crippen LogP contribution in [0.5, 0.6) is 0 Å². The average molecular weight is 439 g/mol. The molecule has 0 aliphatic heterocycles. The van der Waals surface area contributed by atoms with E-state index in [9.17, 15) is 4.79 Å². The van der Waals surface area contributed by atoms with E-state index in [1.54, 1.807) is 16.8 Å². The number of amides is 1. The van der Waals surface area contributed by atoms with Crippen molar-refractivity contribution in [3.63, 3.8) is 0 Å². The first-order chi connectivity index (χ1) is 15.6. The molecule has 0 bridgehead atoms. The molecule has 5 rings (SSSR count). The highest BCUT2D eigenvalue weighted by atomic mass is 35.5. The molecule has 32 heavy (non-hydrogen) atoms. The minimum absolute atomic E-state index is 0.0867. The zero-order valence-electron chi connectivity index (χ0n) is 17.3. The van der Waals surface area contributed by atoms with E-state index in [4.69, 9.17) is 11.6 Å². The maximum absolute atomic E-state index is 13.0. The second kappa shape index (κ2) is 8.29. The number of aromatic nitrogens is 3. The van der Waals surface area contributed by atoms with Crippen LogP contribution in [0.25, 0.3) is 27.8 Å². The Balaban J connectivity index is 1.52. The third kappa shape index (κ3) is 3.98. The maximum atomic E-state index is 13.0. The summed E-state index contributed by atoms with van der Waals surface area (Å²) in [6, 6.07) is 29.0. The molecule has 6 heteroatoms. The number of aryl methyl sites for hydroxylation is 1. The van der Waals surface area contributed by atoms with Crippen LogP contribution < -0.4 is 5.32 Å². The molecule has 5 aromatic rings. The van der Waals surface area contributed by atoms with Gasteiger partial charge in [0.15, 0.2) is 5.82 Å². The monoisotopic (exact) mass is 438 g/mol. The van der Waals surface area contributed by atoms with Crippen LogP contribution in [0, 0.1) is 6.92 Å². The second-order valence-corrected chi connectivity index (χ2v) is 7.97. The lowest BCUT2D eigenvalue weighted by atomic mass is 10.1. The van der Waals surface area contributed by atoms with Crippen LogP contribution in [-0.2, 0) is 0 Å². The number of nitrogens with zero attached hydrogens (tertiary/aromatic N) is 3. The number of rotatable bonds is 4. The van der Waals surface area contributed by atoms with E-state index in [1.165, 1.54) is 0 Å². The summed E-state index contributed by atoms with van der Waals surface area (Å²) in [5, 5.41) is 10.2. The van der Waals surface area contributed by atoms with Crippen molar-refractivity contribution in [2.24, 2.45) is 0 Å². The van der Waals surface area contributed by atoms with E-state index in [-0.39, 0.29) is 11.7 Å². The van der Waals surface area contributed by atoms with E-state index >= 15 is 0 Å². The van der Waals surface area contributed by atoms with E-state index in [2.05, 4.69) is 15.4 Å². The number of hydrogen-bond acceptors (Lipinski definition) is 3. The van der Waals surface area contributed by atoms with Crippen molar-refractivity contribution in [2.75, 3.05) is 5.32 Å². The van der Waals surface area contributed by atoms with Crippen molar-refractivity contribution in [3.05, 3.63) is 107 Å². The second-order valence-electron chi connectivity index (χ2n) is 7.53. The molecule has 0 spiro atoms. The number of hydrogen-bond donors (Lipinski definition) is 1. The number of fused-ring (bicyclic) bond motifs is 1. The number of carbonyl (C=O) groups excluding carboxylic acids is 1. The van der Waals surface area contributed by atoms with Crippen LogP contribution in [0.15, 0.2) is 91.0 Å². The fraction of sp³-hybridized carbons (Fsp3) is 0.0385. The molecular weight excluding hydrogens is 420 g/mol. The van der Waals surface area contributed by atoms with Gasteiger partial charge in [-0.25, -0.2) is 9.67 Å². The predicted molar refractivity (Wildman–Crippen MR) is 128 cm³/mol. The first-order valence-corrected chi connectivity index (χ1v) is 10.5. The molecule has 0 fully saturated rings. The predicted octanol–water partition coefficient (Wildman–Crippen LogP) is 6.30. The van der Waals surface area contributed by atoms with Gasteiger partial charge in [0.05, 0.1) is 5.69 Å². The molecule has 0 unspecified atom stereocenters. The zero-order valence-corrected chi connectivity index (χ0v) is 18.0. The summed E-state index contributed by atoms with van der Waals surface area (Å²) >= 11 is 6.05. The van der Waals surface area contributed by atoms with Gasteiger partial charge in [-0.15, -0.1) is 5.10 Å². The minimum atomic E-state index is -0.374. The fourth-order valence-electron chi connectivity index (χ4n) is 3.51. The molecule has 1 amide bonds. The first-order valence-electron chi connectivity index (χ1n) is 10.2. The highest BCUT2D eigenvalue weighted by Crippen LogP contribution is 2.24. The van der Waals surface area contributed by atoms with Crippen molar-refractivity contribution < 1.29 is 4.79 Å². The van der Waals surface area contributed by atoms with Gasteiger partial charge in [-0.1, -0.05) is 59.6 Å². The standard InChI is InChI=1S/C26H19ClN4O/c1-17-6-14-23(15-7-17)31-25(19-8-11-21(27)12-9-19)29-24(30-31)26(32)28-22-13-10-18-4-2-3-5-20(18)16-22/h2-16H,1H3,(H,28,32). The van der Waals surface area contributed by atoms with Crippen LogP contribution in [0.4, 0.5) is 5.69 Å². The summed E-state index contributed by atoms with van der Waals surface area (Å²) in [6.45, 7) is 2.02. The Kier molecular flexibility index (Phi) is 5.17. The molecule has 0 aliphatic carbocycles. The summed E-state index contributed by atoms with van der Waals surface area (Å²) < 4.78 is 1.68. The van der Waals surface area contributed by atoms with E-state index in [0.717, 1.165) is 27.6 Å². The topological polar surface area (TPSA) is 59.8 Å². The molecule has 156 valence electrons. The summed E-state index contributed by atoms with van der Waals surface area (Å²) in [5.74, 6) is 0.277. The Hall–Kier alpha value is -3.96. The van der Waals surface area contributed by atoms with Gasteiger partial charge in [0, 0.05) is 16.3 Å². The van der Waals surface area contributed by atoms with Crippen molar-refractivity contribution in [1.82, 2.24) is 14.8 Å². The van der Waals surface area contributed by atoms with E-state index in [1.807, 2.05) is 85.8 Å². The fourth-order valence-corrected chi connectivity index (χ4v) is 3.64. The van der Waals surface area contributed by atoms with Gasteiger partial charge in [-0.3, -0.25) is 4.79 Å². The highest BCUT2D eigenvalue weighted by Gasteiger charge is 2.19. The van der Waals surface area contributed by atoms with Crippen LogP contribution in [0.2, 0.25) is 5.02 Å². The Morgan fingerprint density at radius 2 is 1.59 bits per heavy atom. The Morgan fingerprint density at radius 3 is 2.34 bits per heavy atom. The molecule has 0 saturated carbocycles. The molecule has 4 aromatic carbocycles. The Labute approximate surface area is 190 Å². The number of nitrogens with one attached hydrogen (secondary N) is 1. The smallest absolute Gasteiger partial charge is 0.295 e. The van der Waals surface area contributed by atoms with Gasteiger partial charge in [0.2, 0.25) is 5.82 Å². The molecule has 1 aromatic heterocycles. The lowest BCUT2D eigenvalue weighted by Gasteiger charge is -2.06. The van der Waals surface area contributed by atoms with Crippen LogP contribution in [0.1, 0.15) is 16.2 Å². The maximum Gasteiger partial charge on any atom is 0.295 e. The Bertz CT molecular complexity index is 1360. The first kappa shape index (κ1) is 20.0. The van der Waals surface area contributed by atoms with Gasteiger partial charge < -0.3 is 5.32 Å². The quantitative estimate of drug-likeness (QED) is 0.358. The van der Waals surface area contributed by atoms with Gasteiger partial charge >= 0.3 is 0 Å². The molecule has 0 aliphatic rings. The molecule has 1 heterocycles. The van der Waals surface area contributed by atoms with Crippen LogP contribution in [-0.4, -0.2) is 20.7 Å². The van der Waals surface area contributed by atoms with Gasteiger partial charge in [-0.2, -0.15) is 0 Å². The highest BCUT2D eigenvalue weighted by molar-refractivity contribution is 6.30. The third-order valence-electron chi connectivity index (χ3n) is 5.20. The lowest BCUT2D eigenvalue weighted by molar-refractivity contribution is 0.101. The number of halogens is 1. The largest absolute Gasteiger partial charge is 0.319 e. The average Bonchev–Trinajstić information content (AvgIpc) is 3.26. The number of carbonyl (C=O) groups is 1. The summed E-state index contributed by atoms with van der Waals surface area (Å²) in [5.41, 5.74) is 3.45. The van der Waals surface area contributed by atoms with Crippen molar-refractivity contribution >= 4 is 34.0 Å². The normalized spacial score (nSPS) is 10.9. The van der Waals surface area contributed by atoms with Crippen molar-refractivity contribution in [3.8, 4) is 17.1 Å². The van der Waals surface area contributed by atoms with Crippen molar-refractivity contribution in [2.45, 2.75) is 6.92 Å². The van der Waals surface area contributed by atoms with Crippen LogP contribution >= 0.6 is 11.6 Å². The lowest BCUT2D eigenvalue weighted by Crippen LogP contribution is -2.14. The number of anilines is 1. The third-order valence-corrected chi connectivity index (χ3v) is 5.45. The van der Waals surface area contributed by atoms with Gasteiger partial charge in [-0.05, 0) is 66.2 Å². The molecule has 5 nitrogen and oxygen atoms in total. The number of benzene rings is 4.